The first-order valence-corrected chi connectivity index (χ1v) is 5.15. The molecule has 0 saturated heterocycles. The van der Waals surface area contributed by atoms with Gasteiger partial charge in [-0.1, -0.05) is 20.8 Å². The Balaban J connectivity index is 2.57. The zero-order valence-corrected chi connectivity index (χ0v) is 9.95. The molecule has 1 aromatic rings. The Labute approximate surface area is 92.0 Å². The second-order valence-electron chi connectivity index (χ2n) is 4.80. The van der Waals surface area contributed by atoms with Gasteiger partial charge in [0.05, 0.1) is 7.11 Å². The fourth-order valence-corrected chi connectivity index (χ4v) is 1.11. The molecule has 0 unspecified atom stereocenters. The Kier molecular flexibility index (Phi) is 3.89. The first-order valence-electron chi connectivity index (χ1n) is 5.15. The van der Waals surface area contributed by atoms with E-state index in [1.165, 1.54) is 0 Å². The summed E-state index contributed by atoms with van der Waals surface area (Å²) in [5.74, 6) is 0.878. The Morgan fingerprint density at radius 1 is 1.20 bits per heavy atom. The highest BCUT2D eigenvalue weighted by Crippen LogP contribution is 2.13. The van der Waals surface area contributed by atoms with Crippen LogP contribution in [0, 0.1) is 5.41 Å². The third kappa shape index (κ3) is 4.63. The summed E-state index contributed by atoms with van der Waals surface area (Å²) < 4.78 is 5.08. The van der Waals surface area contributed by atoms with E-state index in [0.717, 1.165) is 17.9 Å². The molecule has 0 atom stereocenters. The Morgan fingerprint density at radius 2 is 1.80 bits per heavy atom. The van der Waals surface area contributed by atoms with Crippen LogP contribution in [0.1, 0.15) is 26.3 Å². The summed E-state index contributed by atoms with van der Waals surface area (Å²) in [6.45, 7) is 7.38. The van der Waals surface area contributed by atoms with Crippen LogP contribution in [0.3, 0.4) is 0 Å². The van der Waals surface area contributed by atoms with Crippen LogP contribution in [0.2, 0.25) is 0 Å². The molecule has 15 heavy (non-hydrogen) atoms. The van der Waals surface area contributed by atoms with Crippen LogP contribution in [0.5, 0.6) is 5.75 Å². The molecule has 0 N–H and O–H groups in total. The molecule has 2 heteroatoms. The number of rotatable bonds is 3. The van der Waals surface area contributed by atoms with Gasteiger partial charge in [-0.05, 0) is 35.2 Å². The highest BCUT2D eigenvalue weighted by atomic mass is 16.5. The summed E-state index contributed by atoms with van der Waals surface area (Å²) in [5, 5.41) is 0. The van der Waals surface area contributed by atoms with Gasteiger partial charge in [0.1, 0.15) is 5.75 Å². The lowest BCUT2D eigenvalue weighted by Crippen LogP contribution is -2.09. The molecule has 0 amide bonds. The standard InChI is InChI=1S/C13H19NO/c1-13(2,3)10-14-9-11-5-7-12(15-4)8-6-11/h5-9H,10H2,1-4H3/b14-9+. The molecule has 0 radical (unpaired) electrons. The average Bonchev–Trinajstić information content (AvgIpc) is 2.17. The minimum absolute atomic E-state index is 0.253. The molecule has 0 saturated carbocycles. The fraction of sp³-hybridized carbons (Fsp3) is 0.462. The minimum Gasteiger partial charge on any atom is -0.497 e. The molecule has 0 aliphatic carbocycles. The lowest BCUT2D eigenvalue weighted by Gasteiger charge is -2.13. The van der Waals surface area contributed by atoms with Crippen LogP contribution < -0.4 is 4.74 Å². The number of nitrogens with zero attached hydrogens (tertiary/aromatic N) is 1. The maximum absolute atomic E-state index is 5.08. The van der Waals surface area contributed by atoms with Crippen molar-refractivity contribution in [3.8, 4) is 5.75 Å². The molecule has 0 spiro atoms. The molecule has 0 bridgehead atoms. The number of hydrogen-bond donors (Lipinski definition) is 0. The first kappa shape index (κ1) is 11.8. The molecule has 0 aliphatic rings. The third-order valence-electron chi connectivity index (χ3n) is 1.92. The smallest absolute Gasteiger partial charge is 0.118 e. The van der Waals surface area contributed by atoms with E-state index in [9.17, 15) is 0 Å². The number of methoxy groups -OCH3 is 1. The van der Waals surface area contributed by atoms with Gasteiger partial charge in [0.25, 0.3) is 0 Å². The van der Waals surface area contributed by atoms with E-state index in [1.54, 1.807) is 7.11 Å². The molecule has 1 rings (SSSR count). The van der Waals surface area contributed by atoms with Gasteiger partial charge in [-0.15, -0.1) is 0 Å². The normalized spacial score (nSPS) is 12.0. The Hall–Kier alpha value is -1.31. The van der Waals surface area contributed by atoms with Crippen LogP contribution >= 0.6 is 0 Å². The lowest BCUT2D eigenvalue weighted by molar-refractivity contribution is 0.415. The Morgan fingerprint density at radius 3 is 2.27 bits per heavy atom. The lowest BCUT2D eigenvalue weighted by atomic mass is 9.97. The van der Waals surface area contributed by atoms with Gasteiger partial charge in [-0.25, -0.2) is 0 Å². The van der Waals surface area contributed by atoms with Gasteiger partial charge >= 0.3 is 0 Å². The van der Waals surface area contributed by atoms with Crippen molar-refractivity contribution in [3.05, 3.63) is 29.8 Å². The predicted octanol–water partition coefficient (Wildman–Crippen LogP) is 3.16. The molecule has 1 aromatic carbocycles. The highest BCUT2D eigenvalue weighted by Gasteiger charge is 2.07. The molecular formula is C13H19NO. The summed E-state index contributed by atoms with van der Waals surface area (Å²) >= 11 is 0. The summed E-state index contributed by atoms with van der Waals surface area (Å²) in [6, 6.07) is 7.90. The van der Waals surface area contributed by atoms with Crippen LogP contribution in [0.15, 0.2) is 29.3 Å². The summed E-state index contributed by atoms with van der Waals surface area (Å²) in [5.41, 5.74) is 1.36. The Bertz CT molecular complexity index is 319. The van der Waals surface area contributed by atoms with Crippen LogP contribution in [-0.2, 0) is 0 Å². The topological polar surface area (TPSA) is 21.6 Å². The van der Waals surface area contributed by atoms with Gasteiger partial charge in [0.2, 0.25) is 0 Å². The maximum Gasteiger partial charge on any atom is 0.118 e. The second kappa shape index (κ2) is 4.96. The minimum atomic E-state index is 0.253. The maximum atomic E-state index is 5.08. The summed E-state index contributed by atoms with van der Waals surface area (Å²) in [6.07, 6.45) is 1.91. The highest BCUT2D eigenvalue weighted by molar-refractivity contribution is 5.79. The van der Waals surface area contributed by atoms with Crippen molar-refractivity contribution in [2.75, 3.05) is 13.7 Å². The molecule has 2 nitrogen and oxygen atoms in total. The van der Waals surface area contributed by atoms with E-state index >= 15 is 0 Å². The van der Waals surface area contributed by atoms with E-state index in [2.05, 4.69) is 25.8 Å². The number of hydrogen-bond acceptors (Lipinski definition) is 2. The van der Waals surface area contributed by atoms with Crippen molar-refractivity contribution in [1.29, 1.82) is 0 Å². The molecule has 0 fully saturated rings. The van der Waals surface area contributed by atoms with Crippen molar-refractivity contribution >= 4 is 6.21 Å². The predicted molar refractivity (Wildman–Crippen MR) is 64.9 cm³/mol. The van der Waals surface area contributed by atoms with Crippen LogP contribution in [0.4, 0.5) is 0 Å². The van der Waals surface area contributed by atoms with E-state index in [-0.39, 0.29) is 5.41 Å². The summed E-state index contributed by atoms with van der Waals surface area (Å²) in [7, 11) is 1.67. The molecule has 0 heterocycles. The third-order valence-corrected chi connectivity index (χ3v) is 1.92. The molecule has 0 aromatic heterocycles. The van der Waals surface area contributed by atoms with Crippen molar-refractivity contribution < 1.29 is 4.74 Å². The van der Waals surface area contributed by atoms with E-state index in [0.29, 0.717) is 0 Å². The molecule has 0 aliphatic heterocycles. The number of aliphatic imine (C=N–C) groups is 1. The number of benzene rings is 1. The summed E-state index contributed by atoms with van der Waals surface area (Å²) in [4.78, 5) is 4.40. The van der Waals surface area contributed by atoms with Gasteiger partial charge in [0.15, 0.2) is 0 Å². The first-order chi connectivity index (χ1) is 7.01. The monoisotopic (exact) mass is 205 g/mol. The SMILES string of the molecule is COc1ccc(/C=N/CC(C)(C)C)cc1. The largest absolute Gasteiger partial charge is 0.497 e. The zero-order valence-electron chi connectivity index (χ0n) is 9.95. The van der Waals surface area contributed by atoms with E-state index in [1.807, 2.05) is 30.5 Å². The zero-order chi connectivity index (χ0) is 11.3. The van der Waals surface area contributed by atoms with E-state index in [4.69, 9.17) is 4.74 Å². The van der Waals surface area contributed by atoms with Crippen LogP contribution in [-0.4, -0.2) is 19.9 Å². The van der Waals surface area contributed by atoms with Gasteiger partial charge in [0, 0.05) is 12.8 Å². The van der Waals surface area contributed by atoms with Crippen LogP contribution in [0.25, 0.3) is 0 Å². The molecule has 82 valence electrons. The van der Waals surface area contributed by atoms with E-state index < -0.39 is 0 Å². The average molecular weight is 205 g/mol. The fourth-order valence-electron chi connectivity index (χ4n) is 1.11. The quantitative estimate of drug-likeness (QED) is 0.695. The van der Waals surface area contributed by atoms with Crippen molar-refractivity contribution in [2.45, 2.75) is 20.8 Å². The van der Waals surface area contributed by atoms with Crippen molar-refractivity contribution in [3.63, 3.8) is 0 Å². The number of ether oxygens (including phenoxy) is 1. The van der Waals surface area contributed by atoms with Crippen molar-refractivity contribution in [2.24, 2.45) is 10.4 Å². The van der Waals surface area contributed by atoms with Gasteiger partial charge < -0.3 is 4.74 Å². The van der Waals surface area contributed by atoms with Crippen molar-refractivity contribution in [1.82, 2.24) is 0 Å². The van der Waals surface area contributed by atoms with Gasteiger partial charge in [-0.2, -0.15) is 0 Å². The molecular weight excluding hydrogens is 186 g/mol. The van der Waals surface area contributed by atoms with Gasteiger partial charge in [-0.3, -0.25) is 4.99 Å². The second-order valence-corrected chi connectivity index (χ2v) is 4.80.